The van der Waals surface area contributed by atoms with Gasteiger partial charge in [-0.1, -0.05) is 22.8 Å². The molecular formula is C8H8ClFN2O. The summed E-state index contributed by atoms with van der Waals surface area (Å²) in [6.07, 6.45) is 0.00199. The summed E-state index contributed by atoms with van der Waals surface area (Å²) in [6, 6.07) is 4.31. The highest BCUT2D eigenvalue weighted by Crippen LogP contribution is 2.19. The molecule has 0 heterocycles. The fourth-order valence-electron chi connectivity index (χ4n) is 0.918. The van der Waals surface area contributed by atoms with E-state index in [1.54, 1.807) is 6.07 Å². The maximum atomic E-state index is 13.1. The molecule has 0 saturated heterocycles. The molecule has 0 aliphatic rings. The molecule has 0 spiro atoms. The van der Waals surface area contributed by atoms with Gasteiger partial charge in [0.15, 0.2) is 0 Å². The highest BCUT2D eigenvalue weighted by molar-refractivity contribution is 6.31. The summed E-state index contributed by atoms with van der Waals surface area (Å²) in [5.74, 6) is -0.536. The predicted molar refractivity (Wildman–Crippen MR) is 48.5 cm³/mol. The molecule has 0 atom stereocenters. The van der Waals surface area contributed by atoms with Crippen LogP contribution >= 0.6 is 11.6 Å². The second-order valence-corrected chi connectivity index (χ2v) is 2.88. The Kier molecular flexibility index (Phi) is 3.08. The van der Waals surface area contributed by atoms with Crippen molar-refractivity contribution < 1.29 is 9.60 Å². The van der Waals surface area contributed by atoms with E-state index in [4.69, 9.17) is 22.5 Å². The summed E-state index contributed by atoms with van der Waals surface area (Å²) in [5.41, 5.74) is 5.45. The number of hydrogen-bond donors (Lipinski definition) is 2. The Balaban J connectivity index is 3.00. The Labute approximate surface area is 79.6 Å². The van der Waals surface area contributed by atoms with Gasteiger partial charge in [0.1, 0.15) is 11.7 Å². The fraction of sp³-hybridized carbons (Fsp3) is 0.125. The van der Waals surface area contributed by atoms with Crippen LogP contribution in [0.3, 0.4) is 0 Å². The van der Waals surface area contributed by atoms with Crippen molar-refractivity contribution in [3.8, 4) is 0 Å². The van der Waals surface area contributed by atoms with Crippen LogP contribution in [0.25, 0.3) is 0 Å². The van der Waals surface area contributed by atoms with Crippen molar-refractivity contribution in [2.45, 2.75) is 6.42 Å². The van der Waals surface area contributed by atoms with Gasteiger partial charge in [-0.2, -0.15) is 0 Å². The molecule has 0 bridgehead atoms. The smallest absolute Gasteiger partial charge is 0.143 e. The van der Waals surface area contributed by atoms with Gasteiger partial charge in [0.05, 0.1) is 0 Å². The third kappa shape index (κ3) is 2.32. The largest absolute Gasteiger partial charge is 0.409 e. The summed E-state index contributed by atoms with van der Waals surface area (Å²) >= 11 is 5.70. The van der Waals surface area contributed by atoms with E-state index in [1.165, 1.54) is 12.1 Å². The lowest BCUT2D eigenvalue weighted by atomic mass is 10.1. The summed E-state index contributed by atoms with van der Waals surface area (Å²) in [7, 11) is 0. The topological polar surface area (TPSA) is 58.6 Å². The zero-order valence-corrected chi connectivity index (χ0v) is 7.42. The van der Waals surface area contributed by atoms with Gasteiger partial charge in [-0.05, 0) is 12.1 Å². The number of nitrogens with two attached hydrogens (primary N) is 1. The van der Waals surface area contributed by atoms with Crippen molar-refractivity contribution in [1.29, 1.82) is 0 Å². The minimum absolute atomic E-state index is 0.00199. The van der Waals surface area contributed by atoms with E-state index in [2.05, 4.69) is 5.16 Å². The van der Waals surface area contributed by atoms with Gasteiger partial charge in [-0.25, -0.2) is 4.39 Å². The molecule has 5 heteroatoms. The normalized spacial score (nSPS) is 11.7. The first-order valence-electron chi connectivity index (χ1n) is 3.54. The summed E-state index contributed by atoms with van der Waals surface area (Å²) in [5, 5.41) is 11.3. The Morgan fingerprint density at radius 3 is 2.85 bits per heavy atom. The van der Waals surface area contributed by atoms with Crippen LogP contribution in [0.1, 0.15) is 5.56 Å². The molecule has 3 N–H and O–H groups in total. The minimum atomic E-state index is -0.459. The standard InChI is InChI=1S/C8H8ClFN2O/c9-6-2-1-3-7(10)5(6)4-8(11)12-13/h1-3,13H,4H2,(H2,11,12). The van der Waals surface area contributed by atoms with E-state index in [-0.39, 0.29) is 22.8 Å². The van der Waals surface area contributed by atoms with E-state index >= 15 is 0 Å². The zero-order valence-electron chi connectivity index (χ0n) is 6.67. The maximum Gasteiger partial charge on any atom is 0.143 e. The van der Waals surface area contributed by atoms with Crippen LogP contribution in [0.2, 0.25) is 5.02 Å². The molecule has 0 aliphatic carbocycles. The van der Waals surface area contributed by atoms with Gasteiger partial charge in [-0.3, -0.25) is 0 Å². The van der Waals surface area contributed by atoms with E-state index < -0.39 is 5.82 Å². The molecule has 70 valence electrons. The third-order valence-corrected chi connectivity index (χ3v) is 1.90. The lowest BCUT2D eigenvalue weighted by Crippen LogP contribution is -2.15. The van der Waals surface area contributed by atoms with Gasteiger partial charge < -0.3 is 10.9 Å². The first-order chi connectivity index (χ1) is 6.15. The highest BCUT2D eigenvalue weighted by atomic mass is 35.5. The molecule has 1 aromatic carbocycles. The Hall–Kier alpha value is -1.29. The molecule has 0 radical (unpaired) electrons. The van der Waals surface area contributed by atoms with Crippen molar-refractivity contribution in [2.75, 3.05) is 0 Å². The van der Waals surface area contributed by atoms with E-state index in [0.29, 0.717) is 0 Å². The summed E-state index contributed by atoms with van der Waals surface area (Å²) < 4.78 is 13.1. The van der Waals surface area contributed by atoms with Crippen LogP contribution in [0.5, 0.6) is 0 Å². The zero-order chi connectivity index (χ0) is 9.84. The second kappa shape index (κ2) is 4.09. The van der Waals surface area contributed by atoms with Gasteiger partial charge >= 0.3 is 0 Å². The number of rotatable bonds is 2. The molecular weight excluding hydrogens is 195 g/mol. The molecule has 0 aromatic heterocycles. The molecule has 0 fully saturated rings. The van der Waals surface area contributed by atoms with Crippen molar-refractivity contribution >= 4 is 17.4 Å². The van der Waals surface area contributed by atoms with E-state index in [0.717, 1.165) is 0 Å². The van der Waals surface area contributed by atoms with Crippen molar-refractivity contribution in [2.24, 2.45) is 10.9 Å². The molecule has 3 nitrogen and oxygen atoms in total. The fourth-order valence-corrected chi connectivity index (χ4v) is 1.15. The molecule has 1 rings (SSSR count). The highest BCUT2D eigenvalue weighted by Gasteiger charge is 2.08. The number of oxime groups is 1. The van der Waals surface area contributed by atoms with Crippen molar-refractivity contribution in [1.82, 2.24) is 0 Å². The van der Waals surface area contributed by atoms with Gasteiger partial charge in [0, 0.05) is 17.0 Å². The molecule has 0 amide bonds. The third-order valence-electron chi connectivity index (χ3n) is 1.55. The number of benzene rings is 1. The number of amidine groups is 1. The lowest BCUT2D eigenvalue weighted by Gasteiger charge is -2.03. The van der Waals surface area contributed by atoms with Gasteiger partial charge in [0.2, 0.25) is 0 Å². The van der Waals surface area contributed by atoms with Crippen LogP contribution in [0.4, 0.5) is 4.39 Å². The van der Waals surface area contributed by atoms with Gasteiger partial charge in [-0.15, -0.1) is 0 Å². The molecule has 0 aliphatic heterocycles. The molecule has 0 unspecified atom stereocenters. The van der Waals surface area contributed by atoms with Crippen LogP contribution < -0.4 is 5.73 Å². The van der Waals surface area contributed by atoms with Crippen molar-refractivity contribution in [3.63, 3.8) is 0 Å². The van der Waals surface area contributed by atoms with Crippen molar-refractivity contribution in [3.05, 3.63) is 34.6 Å². The first-order valence-corrected chi connectivity index (χ1v) is 3.92. The van der Waals surface area contributed by atoms with E-state index in [9.17, 15) is 4.39 Å². The first kappa shape index (κ1) is 9.80. The van der Waals surface area contributed by atoms with Crippen LogP contribution in [0, 0.1) is 5.82 Å². The Morgan fingerprint density at radius 2 is 2.31 bits per heavy atom. The Bertz CT molecular complexity index is 321. The van der Waals surface area contributed by atoms with Crippen LogP contribution in [0.15, 0.2) is 23.4 Å². The predicted octanol–water partition coefficient (Wildman–Crippen LogP) is 1.77. The van der Waals surface area contributed by atoms with Gasteiger partial charge in [0.25, 0.3) is 0 Å². The summed E-state index contributed by atoms with van der Waals surface area (Å²) in [6.45, 7) is 0. The quantitative estimate of drug-likeness (QED) is 0.332. The van der Waals surface area contributed by atoms with Crippen LogP contribution in [-0.4, -0.2) is 11.0 Å². The lowest BCUT2D eigenvalue weighted by molar-refractivity contribution is 0.317. The van der Waals surface area contributed by atoms with E-state index in [1.807, 2.05) is 0 Å². The molecule has 1 aromatic rings. The Morgan fingerprint density at radius 1 is 1.62 bits per heavy atom. The number of nitrogens with zero attached hydrogens (tertiary/aromatic N) is 1. The SMILES string of the molecule is NC(Cc1c(F)cccc1Cl)=NO. The molecule has 13 heavy (non-hydrogen) atoms. The number of halogens is 2. The average molecular weight is 203 g/mol. The molecule has 0 saturated carbocycles. The number of hydrogen-bond acceptors (Lipinski definition) is 2. The summed E-state index contributed by atoms with van der Waals surface area (Å²) in [4.78, 5) is 0. The van der Waals surface area contributed by atoms with Crippen LogP contribution in [-0.2, 0) is 6.42 Å². The maximum absolute atomic E-state index is 13.1. The minimum Gasteiger partial charge on any atom is -0.409 e. The average Bonchev–Trinajstić information content (AvgIpc) is 2.11. The monoisotopic (exact) mass is 202 g/mol. The second-order valence-electron chi connectivity index (χ2n) is 2.47.